The third kappa shape index (κ3) is 8.32. The Morgan fingerprint density at radius 2 is 1.83 bits per heavy atom. The molecule has 4 heterocycles. The van der Waals surface area contributed by atoms with Crippen molar-refractivity contribution in [1.82, 2.24) is 39.4 Å². The summed E-state index contributed by atoms with van der Waals surface area (Å²) < 4.78 is 21.3. The Balaban J connectivity index is 1.13. The Labute approximate surface area is 273 Å². The van der Waals surface area contributed by atoms with Crippen molar-refractivity contribution in [3.8, 4) is 22.8 Å². The number of ether oxygens (including phenoxy) is 3. The van der Waals surface area contributed by atoms with E-state index < -0.39 is 5.60 Å². The average Bonchev–Trinajstić information content (AvgIpc) is 3.72. The van der Waals surface area contributed by atoms with Crippen LogP contribution >= 0.6 is 11.6 Å². The predicted octanol–water partition coefficient (Wildman–Crippen LogP) is 4.76. The second-order valence-corrected chi connectivity index (χ2v) is 13.1. The van der Waals surface area contributed by atoms with Crippen molar-refractivity contribution >= 4 is 23.2 Å². The first-order chi connectivity index (χ1) is 22.2. The third-order valence-electron chi connectivity index (χ3n) is 8.26. The molecular weight excluding hydrogens is 610 g/mol. The van der Waals surface area contributed by atoms with Crippen LogP contribution in [-0.2, 0) is 11.3 Å². The van der Waals surface area contributed by atoms with Crippen molar-refractivity contribution < 1.29 is 19.3 Å². The van der Waals surface area contributed by atoms with Crippen molar-refractivity contribution in [2.45, 2.75) is 76.8 Å². The van der Waals surface area contributed by atoms with Crippen LogP contribution in [0.2, 0.25) is 5.02 Å². The molecule has 0 amide bonds. The van der Waals surface area contributed by atoms with E-state index in [0.717, 1.165) is 63.1 Å². The van der Waals surface area contributed by atoms with Crippen LogP contribution in [0, 0.1) is 0 Å². The normalized spacial score (nSPS) is 19.9. The number of hydrogen-bond acceptors (Lipinski definition) is 11. The summed E-state index contributed by atoms with van der Waals surface area (Å²) in [5.41, 5.74) is 1.32. The van der Waals surface area contributed by atoms with Crippen LogP contribution in [0.25, 0.3) is 11.1 Å². The number of anilines is 2. The molecule has 1 saturated carbocycles. The fourth-order valence-corrected chi connectivity index (χ4v) is 6.07. The minimum absolute atomic E-state index is 0.0979. The van der Waals surface area contributed by atoms with Crippen LogP contribution < -0.4 is 14.8 Å². The van der Waals surface area contributed by atoms with Crippen LogP contribution in [0.5, 0.6) is 11.6 Å². The maximum Gasteiger partial charge on any atom is 0.257 e. The zero-order valence-corrected chi connectivity index (χ0v) is 27.3. The van der Waals surface area contributed by atoms with E-state index in [0.29, 0.717) is 40.9 Å². The van der Waals surface area contributed by atoms with Crippen LogP contribution in [0.3, 0.4) is 0 Å². The van der Waals surface area contributed by atoms with Gasteiger partial charge in [0.05, 0.1) is 42.6 Å². The first kappa shape index (κ1) is 32.2. The van der Waals surface area contributed by atoms with Gasteiger partial charge in [0.1, 0.15) is 36.8 Å². The number of nitrogens with one attached hydrogen (secondary N) is 1. The minimum atomic E-state index is -1.01. The Hall–Kier alpha value is -3.78. The molecule has 0 spiro atoms. The van der Waals surface area contributed by atoms with Crippen molar-refractivity contribution in [2.24, 2.45) is 0 Å². The van der Waals surface area contributed by atoms with E-state index in [4.69, 9.17) is 30.9 Å². The van der Waals surface area contributed by atoms with E-state index in [-0.39, 0.29) is 18.8 Å². The molecule has 1 aromatic carbocycles. The number of aromatic nitrogens is 7. The quantitative estimate of drug-likeness (QED) is 0.219. The number of aliphatic hydroxyl groups is 1. The molecule has 2 N–H and O–H groups in total. The van der Waals surface area contributed by atoms with Gasteiger partial charge in [0, 0.05) is 37.1 Å². The highest BCUT2D eigenvalue weighted by Crippen LogP contribution is 2.35. The highest BCUT2D eigenvalue weighted by molar-refractivity contribution is 6.32. The van der Waals surface area contributed by atoms with Gasteiger partial charge >= 0.3 is 0 Å². The van der Waals surface area contributed by atoms with Gasteiger partial charge in [0.25, 0.3) is 5.88 Å². The lowest BCUT2D eigenvalue weighted by molar-refractivity contribution is 0.00492. The SMILES string of the molecule is CC(Cn1cncn1)Oc1cc(-c2cnc(Nc3cn(C4CCC(N5CCOCC5)CC4)nc3OCC(C)(C)O)nc2)ccc1Cl. The van der Waals surface area contributed by atoms with Crippen LogP contribution in [0.15, 0.2) is 49.4 Å². The smallest absolute Gasteiger partial charge is 0.257 e. The standard InChI is InChI=1S/C32H42ClN9O4/c1-22(17-41-21-34-20-37-41)46-29-14-23(4-9-27(29)33)24-15-35-31(36-16-24)38-28-18-42(39-30(28)45-19-32(2,3)43)26-7-5-25(6-8-26)40-10-12-44-13-11-40/h4,9,14-16,18,20-22,25-26,43H,5-8,10-13,17,19H2,1-3H3,(H,35,36,38). The summed E-state index contributed by atoms with van der Waals surface area (Å²) in [5, 5.41) is 23.0. The average molecular weight is 652 g/mol. The number of benzene rings is 1. The molecule has 1 saturated heterocycles. The molecule has 6 rings (SSSR count). The molecule has 3 aromatic heterocycles. The molecule has 1 unspecified atom stereocenters. The molecule has 1 atom stereocenters. The van der Waals surface area contributed by atoms with Gasteiger partial charge in [-0.3, -0.25) is 9.58 Å². The lowest BCUT2D eigenvalue weighted by Gasteiger charge is -2.38. The topological polar surface area (TPSA) is 138 Å². The second-order valence-electron chi connectivity index (χ2n) is 12.7. The van der Waals surface area contributed by atoms with E-state index in [1.807, 2.05) is 29.9 Å². The van der Waals surface area contributed by atoms with Crippen molar-refractivity contribution in [3.63, 3.8) is 0 Å². The van der Waals surface area contributed by atoms with Gasteiger partial charge in [-0.15, -0.1) is 5.10 Å². The molecule has 0 bridgehead atoms. The highest BCUT2D eigenvalue weighted by atomic mass is 35.5. The number of rotatable bonds is 12. The molecule has 1 aliphatic carbocycles. The lowest BCUT2D eigenvalue weighted by atomic mass is 9.90. The number of halogens is 1. The zero-order chi connectivity index (χ0) is 32.1. The van der Waals surface area contributed by atoms with E-state index in [2.05, 4.69) is 30.3 Å². The Bertz CT molecular complexity index is 1540. The van der Waals surface area contributed by atoms with Crippen molar-refractivity contribution in [3.05, 3.63) is 54.5 Å². The molecule has 2 fully saturated rings. The molecular formula is C32H42ClN9O4. The molecule has 2 aliphatic rings. The number of morpholine rings is 1. The summed E-state index contributed by atoms with van der Waals surface area (Å²) in [6.45, 7) is 9.66. The summed E-state index contributed by atoms with van der Waals surface area (Å²) >= 11 is 6.45. The van der Waals surface area contributed by atoms with Crippen molar-refractivity contribution in [2.75, 3.05) is 38.2 Å². The van der Waals surface area contributed by atoms with Gasteiger partial charge in [-0.25, -0.2) is 19.6 Å². The number of nitrogens with zero attached hydrogens (tertiary/aromatic N) is 8. The number of hydrogen-bond donors (Lipinski definition) is 2. The van der Waals surface area contributed by atoms with E-state index in [9.17, 15) is 5.11 Å². The fourth-order valence-electron chi connectivity index (χ4n) is 5.91. The Kier molecular flexibility index (Phi) is 10.0. The fraction of sp³-hybridized carbons (Fsp3) is 0.531. The van der Waals surface area contributed by atoms with E-state index >= 15 is 0 Å². The zero-order valence-electron chi connectivity index (χ0n) is 26.5. The molecule has 13 nitrogen and oxygen atoms in total. The van der Waals surface area contributed by atoms with E-state index in [1.54, 1.807) is 43.3 Å². The van der Waals surface area contributed by atoms with Gasteiger partial charge < -0.3 is 24.6 Å². The maximum atomic E-state index is 10.3. The second kappa shape index (κ2) is 14.3. The van der Waals surface area contributed by atoms with Gasteiger partial charge in [-0.05, 0) is 64.2 Å². The largest absolute Gasteiger partial charge is 0.487 e. The Morgan fingerprint density at radius 1 is 1.09 bits per heavy atom. The summed E-state index contributed by atoms with van der Waals surface area (Å²) in [7, 11) is 0. The monoisotopic (exact) mass is 651 g/mol. The molecule has 14 heteroatoms. The van der Waals surface area contributed by atoms with Crippen LogP contribution in [0.4, 0.5) is 11.6 Å². The summed E-state index contributed by atoms with van der Waals surface area (Å²) in [5.74, 6) is 1.37. The highest BCUT2D eigenvalue weighted by Gasteiger charge is 2.29. The molecule has 246 valence electrons. The van der Waals surface area contributed by atoms with Crippen LogP contribution in [0.1, 0.15) is 52.5 Å². The van der Waals surface area contributed by atoms with Crippen molar-refractivity contribution in [1.29, 1.82) is 0 Å². The molecule has 4 aromatic rings. The van der Waals surface area contributed by atoms with E-state index in [1.165, 1.54) is 6.33 Å². The first-order valence-electron chi connectivity index (χ1n) is 15.8. The molecule has 0 radical (unpaired) electrons. The summed E-state index contributed by atoms with van der Waals surface area (Å²) in [6, 6.07) is 6.45. The molecule has 1 aliphatic heterocycles. The van der Waals surface area contributed by atoms with Gasteiger partial charge in [0.2, 0.25) is 5.95 Å². The maximum absolute atomic E-state index is 10.3. The Morgan fingerprint density at radius 3 is 2.52 bits per heavy atom. The van der Waals surface area contributed by atoms with Gasteiger partial charge in [-0.2, -0.15) is 5.10 Å². The lowest BCUT2D eigenvalue weighted by Crippen LogP contribution is -2.45. The first-order valence-corrected chi connectivity index (χ1v) is 16.2. The predicted molar refractivity (Wildman–Crippen MR) is 174 cm³/mol. The molecule has 46 heavy (non-hydrogen) atoms. The van der Waals surface area contributed by atoms with Crippen LogP contribution in [-0.4, -0.2) is 95.2 Å². The minimum Gasteiger partial charge on any atom is -0.487 e. The van der Waals surface area contributed by atoms with Gasteiger partial charge in [-0.1, -0.05) is 17.7 Å². The third-order valence-corrected chi connectivity index (χ3v) is 8.58. The summed E-state index contributed by atoms with van der Waals surface area (Å²) in [6.07, 6.45) is 12.7. The van der Waals surface area contributed by atoms with Gasteiger partial charge in [0.15, 0.2) is 0 Å². The summed E-state index contributed by atoms with van der Waals surface area (Å²) in [4.78, 5) is 15.7.